The topological polar surface area (TPSA) is 101 Å². The number of aromatic amines is 1. The van der Waals surface area contributed by atoms with Crippen molar-refractivity contribution in [2.24, 2.45) is 5.73 Å². The average molecular weight is 302 g/mol. The van der Waals surface area contributed by atoms with Crippen molar-refractivity contribution in [2.45, 2.75) is 49.6 Å². The van der Waals surface area contributed by atoms with Gasteiger partial charge in [0.1, 0.15) is 5.82 Å². The fourth-order valence-corrected chi connectivity index (χ4v) is 4.13. The van der Waals surface area contributed by atoms with Crippen LogP contribution in [0.1, 0.15) is 37.9 Å². The van der Waals surface area contributed by atoms with Gasteiger partial charge in [0.25, 0.3) is 10.0 Å². The Balaban J connectivity index is 2.29. The van der Waals surface area contributed by atoms with E-state index in [4.69, 9.17) is 18.0 Å². The Kier molecular flexibility index (Phi) is 3.93. The van der Waals surface area contributed by atoms with Crippen LogP contribution >= 0.6 is 12.2 Å². The number of imidazole rings is 1. The zero-order valence-corrected chi connectivity index (χ0v) is 12.4. The standard InChI is InChI=1S/C11H18N4O2S2/c1-8-13-7-9(14-8)19(16,17)15-11(10(12)18)5-3-2-4-6-11/h7,15H,2-6H2,1H3,(H2,12,18)(H,13,14). The van der Waals surface area contributed by atoms with Crippen molar-refractivity contribution in [1.29, 1.82) is 0 Å². The smallest absolute Gasteiger partial charge is 0.258 e. The monoisotopic (exact) mass is 302 g/mol. The summed E-state index contributed by atoms with van der Waals surface area (Å²) >= 11 is 5.08. The van der Waals surface area contributed by atoms with Crippen LogP contribution in [0.4, 0.5) is 0 Å². The number of nitrogens with two attached hydrogens (primary N) is 1. The first-order valence-corrected chi connectivity index (χ1v) is 8.10. The summed E-state index contributed by atoms with van der Waals surface area (Å²) in [6, 6.07) is 0. The summed E-state index contributed by atoms with van der Waals surface area (Å²) in [5, 5.41) is 0.0474. The second-order valence-corrected chi connectivity index (χ2v) is 7.04. The molecule has 1 aliphatic carbocycles. The highest BCUT2D eigenvalue weighted by atomic mass is 32.2. The Bertz CT molecular complexity index is 573. The lowest BCUT2D eigenvalue weighted by atomic mass is 9.82. The molecule has 1 aliphatic rings. The maximum atomic E-state index is 12.3. The molecule has 106 valence electrons. The highest BCUT2D eigenvalue weighted by Gasteiger charge is 2.39. The van der Waals surface area contributed by atoms with Gasteiger partial charge in [0.05, 0.1) is 16.7 Å². The summed E-state index contributed by atoms with van der Waals surface area (Å²) in [4.78, 5) is 6.84. The Morgan fingerprint density at radius 3 is 2.58 bits per heavy atom. The Morgan fingerprint density at radius 1 is 1.47 bits per heavy atom. The third-order valence-electron chi connectivity index (χ3n) is 3.48. The first-order chi connectivity index (χ1) is 8.86. The molecule has 0 aromatic carbocycles. The minimum atomic E-state index is -3.68. The lowest BCUT2D eigenvalue weighted by Crippen LogP contribution is -2.57. The van der Waals surface area contributed by atoms with Crippen LogP contribution in [0, 0.1) is 6.92 Å². The average Bonchev–Trinajstić information content (AvgIpc) is 2.77. The van der Waals surface area contributed by atoms with Crippen molar-refractivity contribution in [3.63, 3.8) is 0 Å². The van der Waals surface area contributed by atoms with Crippen LogP contribution in [0.5, 0.6) is 0 Å². The molecule has 0 saturated heterocycles. The number of aryl methyl sites for hydroxylation is 1. The molecule has 6 nitrogen and oxygen atoms in total. The third-order valence-corrected chi connectivity index (χ3v) is 5.31. The molecule has 1 aromatic heterocycles. The van der Waals surface area contributed by atoms with Gasteiger partial charge in [0.2, 0.25) is 0 Å². The molecule has 0 unspecified atom stereocenters. The minimum absolute atomic E-state index is 0.0474. The number of hydrogen-bond donors (Lipinski definition) is 3. The molecule has 1 heterocycles. The van der Waals surface area contributed by atoms with E-state index in [0.717, 1.165) is 19.3 Å². The normalized spacial score (nSPS) is 19.2. The van der Waals surface area contributed by atoms with Gasteiger partial charge in [0, 0.05) is 0 Å². The predicted octanol–water partition coefficient (Wildman–Crippen LogP) is 0.985. The summed E-state index contributed by atoms with van der Waals surface area (Å²) < 4.78 is 27.3. The number of thiocarbonyl (C=S) groups is 1. The van der Waals surface area contributed by atoms with Crippen LogP contribution in [-0.4, -0.2) is 28.9 Å². The van der Waals surface area contributed by atoms with E-state index in [9.17, 15) is 8.42 Å². The zero-order chi connectivity index (χ0) is 14.1. The van der Waals surface area contributed by atoms with Crippen LogP contribution in [-0.2, 0) is 10.0 Å². The van der Waals surface area contributed by atoms with E-state index in [2.05, 4.69) is 14.7 Å². The highest BCUT2D eigenvalue weighted by Crippen LogP contribution is 2.30. The predicted molar refractivity (Wildman–Crippen MR) is 76.2 cm³/mol. The first kappa shape index (κ1) is 14.4. The van der Waals surface area contributed by atoms with Crippen LogP contribution in [0.25, 0.3) is 0 Å². The SMILES string of the molecule is Cc1ncc(S(=O)(=O)NC2(C(N)=S)CCCCC2)[nH]1. The van der Waals surface area contributed by atoms with Crippen molar-refractivity contribution in [1.82, 2.24) is 14.7 Å². The van der Waals surface area contributed by atoms with E-state index in [0.29, 0.717) is 18.7 Å². The molecule has 0 atom stereocenters. The van der Waals surface area contributed by atoms with Crippen molar-refractivity contribution in [2.75, 3.05) is 0 Å². The third kappa shape index (κ3) is 2.96. The van der Waals surface area contributed by atoms with E-state index >= 15 is 0 Å². The second kappa shape index (κ2) is 5.18. The molecule has 0 spiro atoms. The number of sulfonamides is 1. The lowest BCUT2D eigenvalue weighted by Gasteiger charge is -2.36. The maximum Gasteiger partial charge on any atom is 0.258 e. The van der Waals surface area contributed by atoms with Gasteiger partial charge < -0.3 is 10.7 Å². The molecule has 1 fully saturated rings. The molecule has 0 bridgehead atoms. The van der Waals surface area contributed by atoms with Gasteiger partial charge in [-0.05, 0) is 19.8 Å². The number of hydrogen-bond acceptors (Lipinski definition) is 4. The molecule has 2 rings (SSSR count). The highest BCUT2D eigenvalue weighted by molar-refractivity contribution is 7.89. The summed E-state index contributed by atoms with van der Waals surface area (Å²) in [6.45, 7) is 1.70. The van der Waals surface area contributed by atoms with Gasteiger partial charge in [-0.2, -0.15) is 4.72 Å². The van der Waals surface area contributed by atoms with E-state index in [-0.39, 0.29) is 10.0 Å². The molecular formula is C11H18N4O2S2. The van der Waals surface area contributed by atoms with Gasteiger partial charge in [-0.3, -0.25) is 0 Å². The number of rotatable bonds is 4. The fourth-order valence-electron chi connectivity index (χ4n) is 2.40. The van der Waals surface area contributed by atoms with Crippen LogP contribution in [0.15, 0.2) is 11.2 Å². The number of nitrogens with zero attached hydrogens (tertiary/aromatic N) is 1. The minimum Gasteiger partial charge on any atom is -0.392 e. The van der Waals surface area contributed by atoms with Crippen LogP contribution in [0.2, 0.25) is 0 Å². The number of nitrogens with one attached hydrogen (secondary N) is 2. The van der Waals surface area contributed by atoms with Crippen molar-refractivity contribution < 1.29 is 8.42 Å². The van der Waals surface area contributed by atoms with E-state index < -0.39 is 15.6 Å². The van der Waals surface area contributed by atoms with E-state index in [1.165, 1.54) is 6.20 Å². The van der Waals surface area contributed by atoms with Crippen LogP contribution < -0.4 is 10.5 Å². The Morgan fingerprint density at radius 2 is 2.11 bits per heavy atom. The molecule has 0 radical (unpaired) electrons. The summed E-state index contributed by atoms with van der Waals surface area (Å²) in [7, 11) is -3.68. The molecule has 19 heavy (non-hydrogen) atoms. The van der Waals surface area contributed by atoms with Gasteiger partial charge >= 0.3 is 0 Å². The van der Waals surface area contributed by atoms with Crippen molar-refractivity contribution in [3.8, 4) is 0 Å². The molecule has 4 N–H and O–H groups in total. The zero-order valence-electron chi connectivity index (χ0n) is 10.8. The molecule has 1 aromatic rings. The van der Waals surface area contributed by atoms with Gasteiger partial charge in [-0.25, -0.2) is 13.4 Å². The van der Waals surface area contributed by atoms with E-state index in [1.54, 1.807) is 6.92 Å². The Labute approximate surface area is 118 Å². The van der Waals surface area contributed by atoms with Crippen molar-refractivity contribution in [3.05, 3.63) is 12.0 Å². The molecular weight excluding hydrogens is 284 g/mol. The summed E-state index contributed by atoms with van der Waals surface area (Å²) in [5.74, 6) is 0.549. The second-order valence-electron chi connectivity index (χ2n) is 4.95. The molecule has 0 aliphatic heterocycles. The van der Waals surface area contributed by atoms with Gasteiger partial charge in [-0.15, -0.1) is 0 Å². The largest absolute Gasteiger partial charge is 0.392 e. The van der Waals surface area contributed by atoms with Gasteiger partial charge in [0.15, 0.2) is 5.03 Å². The fraction of sp³-hybridized carbons (Fsp3) is 0.636. The lowest BCUT2D eigenvalue weighted by molar-refractivity contribution is 0.353. The maximum absolute atomic E-state index is 12.3. The van der Waals surface area contributed by atoms with Gasteiger partial charge in [-0.1, -0.05) is 31.5 Å². The first-order valence-electron chi connectivity index (χ1n) is 6.21. The summed E-state index contributed by atoms with van der Waals surface area (Å²) in [5.41, 5.74) is 4.97. The molecule has 0 amide bonds. The molecule has 8 heteroatoms. The summed E-state index contributed by atoms with van der Waals surface area (Å²) in [6.07, 6.45) is 5.51. The number of aromatic nitrogens is 2. The van der Waals surface area contributed by atoms with Crippen LogP contribution in [0.3, 0.4) is 0 Å². The number of H-pyrrole nitrogens is 1. The Hall–Kier alpha value is -0.990. The quantitative estimate of drug-likeness (QED) is 0.720. The van der Waals surface area contributed by atoms with Crippen molar-refractivity contribution >= 4 is 27.2 Å². The molecule has 1 saturated carbocycles. The van der Waals surface area contributed by atoms with E-state index in [1.807, 2.05) is 0 Å².